The fraction of sp³-hybridized carbons (Fsp3) is 0.571. The molecule has 17 heavy (non-hydrogen) atoms. The van der Waals surface area contributed by atoms with Crippen LogP contribution in [0.2, 0.25) is 0 Å². The van der Waals surface area contributed by atoms with Crippen molar-refractivity contribution in [1.29, 1.82) is 0 Å². The van der Waals surface area contributed by atoms with Crippen molar-refractivity contribution >= 4 is 14.5 Å². The highest BCUT2D eigenvalue weighted by Crippen LogP contribution is 2.15. The van der Waals surface area contributed by atoms with E-state index in [-0.39, 0.29) is 11.2 Å². The molecule has 2 nitrogen and oxygen atoms in total. The van der Waals surface area contributed by atoms with Crippen molar-refractivity contribution in [3.63, 3.8) is 0 Å². The first-order valence-electron chi connectivity index (χ1n) is 6.08. The average Bonchev–Trinajstić information content (AvgIpc) is 2.14. The third kappa shape index (κ3) is 6.01. The topological polar surface area (TPSA) is 18.5 Å². The van der Waals surface area contributed by atoms with Crippen LogP contribution in [0.4, 0.5) is 0 Å². The van der Waals surface area contributed by atoms with Gasteiger partial charge in [-0.3, -0.25) is 0 Å². The summed E-state index contributed by atoms with van der Waals surface area (Å²) in [4.78, 5) is 0. The van der Waals surface area contributed by atoms with Gasteiger partial charge in [0.05, 0.1) is 11.2 Å². The van der Waals surface area contributed by atoms with Gasteiger partial charge in [0.1, 0.15) is 0 Å². The van der Waals surface area contributed by atoms with Crippen LogP contribution in [0.25, 0.3) is 0 Å². The molecule has 3 heteroatoms. The molecule has 1 aromatic rings. The second-order valence-corrected chi connectivity index (χ2v) is 8.00. The van der Waals surface area contributed by atoms with Gasteiger partial charge in [-0.25, -0.2) is 0 Å². The Morgan fingerprint density at radius 3 is 1.53 bits per heavy atom. The average molecular weight is 252 g/mol. The lowest BCUT2D eigenvalue weighted by Crippen LogP contribution is -2.46. The molecule has 0 saturated heterocycles. The SMILES string of the molecule is CC(C)(C)O[SiH](OC(C)(C)C)c1ccccc1. The Bertz CT molecular complexity index is 319. The molecule has 0 aliphatic rings. The molecule has 0 atom stereocenters. The summed E-state index contributed by atoms with van der Waals surface area (Å²) < 4.78 is 12.2. The maximum atomic E-state index is 6.12. The van der Waals surface area contributed by atoms with Crippen molar-refractivity contribution in [3.05, 3.63) is 30.3 Å². The minimum absolute atomic E-state index is 0.169. The van der Waals surface area contributed by atoms with E-state index in [1.807, 2.05) is 18.2 Å². The lowest BCUT2D eigenvalue weighted by molar-refractivity contribution is 0.0408. The Morgan fingerprint density at radius 2 is 1.18 bits per heavy atom. The fourth-order valence-corrected chi connectivity index (χ4v) is 3.55. The lowest BCUT2D eigenvalue weighted by atomic mass is 10.2. The van der Waals surface area contributed by atoms with E-state index in [0.29, 0.717) is 0 Å². The summed E-state index contributed by atoms with van der Waals surface area (Å²) in [5.41, 5.74) is -0.337. The van der Waals surface area contributed by atoms with Crippen molar-refractivity contribution in [2.24, 2.45) is 0 Å². The smallest absolute Gasteiger partial charge is 0.356 e. The standard InChI is InChI=1S/C14H24O2Si/c1-13(2,3)15-17(16-14(4,5)6)12-10-8-7-9-11-12/h7-11,17H,1-6H3. The van der Waals surface area contributed by atoms with E-state index < -0.39 is 9.28 Å². The molecule has 0 bridgehead atoms. The summed E-state index contributed by atoms with van der Waals surface area (Å²) in [6.45, 7) is 12.4. The van der Waals surface area contributed by atoms with Gasteiger partial charge in [0, 0.05) is 0 Å². The zero-order valence-electron chi connectivity index (χ0n) is 11.8. The zero-order valence-corrected chi connectivity index (χ0v) is 12.9. The Hall–Kier alpha value is -0.643. The van der Waals surface area contributed by atoms with Gasteiger partial charge in [-0.05, 0) is 46.7 Å². The maximum absolute atomic E-state index is 6.12. The Kier molecular flexibility index (Phi) is 4.53. The summed E-state index contributed by atoms with van der Waals surface area (Å²) in [6, 6.07) is 10.3. The van der Waals surface area contributed by atoms with Gasteiger partial charge >= 0.3 is 9.28 Å². The summed E-state index contributed by atoms with van der Waals surface area (Å²) in [7, 11) is -1.84. The van der Waals surface area contributed by atoms with Crippen LogP contribution in [0.15, 0.2) is 30.3 Å². The van der Waals surface area contributed by atoms with Gasteiger partial charge < -0.3 is 8.85 Å². The van der Waals surface area contributed by atoms with Crippen molar-refractivity contribution in [1.82, 2.24) is 0 Å². The normalized spacial score (nSPS) is 13.1. The Labute approximate surface area is 107 Å². The van der Waals surface area contributed by atoms with Gasteiger partial charge in [0.2, 0.25) is 0 Å². The molecule has 0 aliphatic carbocycles. The molecule has 0 radical (unpaired) electrons. The molecular weight excluding hydrogens is 228 g/mol. The van der Waals surface area contributed by atoms with Crippen LogP contribution in [-0.2, 0) is 8.85 Å². The lowest BCUT2D eigenvalue weighted by Gasteiger charge is -2.32. The molecule has 1 aromatic carbocycles. The largest absolute Gasteiger partial charge is 0.388 e. The molecule has 0 heterocycles. The first kappa shape index (κ1) is 14.4. The Balaban J connectivity index is 2.87. The van der Waals surface area contributed by atoms with E-state index in [4.69, 9.17) is 8.85 Å². The molecular formula is C14H24O2Si. The van der Waals surface area contributed by atoms with Crippen LogP contribution in [0.3, 0.4) is 0 Å². The molecule has 0 saturated carbocycles. The van der Waals surface area contributed by atoms with Gasteiger partial charge in [-0.2, -0.15) is 0 Å². The molecule has 0 unspecified atom stereocenters. The van der Waals surface area contributed by atoms with Gasteiger partial charge in [-0.15, -0.1) is 0 Å². The quantitative estimate of drug-likeness (QED) is 0.770. The molecule has 0 aliphatic heterocycles. The van der Waals surface area contributed by atoms with E-state index in [0.717, 1.165) is 0 Å². The predicted octanol–water partition coefficient (Wildman–Crippen LogP) is 2.74. The monoisotopic (exact) mass is 252 g/mol. The van der Waals surface area contributed by atoms with Gasteiger partial charge in [-0.1, -0.05) is 30.3 Å². The third-order valence-corrected chi connectivity index (χ3v) is 4.76. The number of hydrogen-bond donors (Lipinski definition) is 0. The van der Waals surface area contributed by atoms with Crippen molar-refractivity contribution in [2.75, 3.05) is 0 Å². The van der Waals surface area contributed by atoms with Crippen molar-refractivity contribution in [3.8, 4) is 0 Å². The van der Waals surface area contributed by atoms with Crippen LogP contribution < -0.4 is 5.19 Å². The molecule has 96 valence electrons. The first-order valence-corrected chi connectivity index (χ1v) is 7.60. The van der Waals surface area contributed by atoms with E-state index in [2.05, 4.69) is 53.7 Å². The third-order valence-electron chi connectivity index (χ3n) is 1.99. The minimum atomic E-state index is -1.84. The maximum Gasteiger partial charge on any atom is 0.356 e. The first-order chi connectivity index (χ1) is 7.67. The second kappa shape index (κ2) is 5.34. The van der Waals surface area contributed by atoms with Crippen LogP contribution in [-0.4, -0.2) is 20.5 Å². The highest BCUT2D eigenvalue weighted by atomic mass is 28.3. The molecule has 0 N–H and O–H groups in total. The minimum Gasteiger partial charge on any atom is -0.388 e. The number of hydrogen-bond acceptors (Lipinski definition) is 2. The van der Waals surface area contributed by atoms with E-state index in [1.165, 1.54) is 5.19 Å². The molecule has 0 amide bonds. The van der Waals surface area contributed by atoms with Crippen LogP contribution in [0.5, 0.6) is 0 Å². The molecule has 0 aromatic heterocycles. The van der Waals surface area contributed by atoms with E-state index >= 15 is 0 Å². The van der Waals surface area contributed by atoms with E-state index in [1.54, 1.807) is 0 Å². The van der Waals surface area contributed by atoms with Crippen LogP contribution in [0.1, 0.15) is 41.5 Å². The highest BCUT2D eigenvalue weighted by molar-refractivity contribution is 6.61. The van der Waals surface area contributed by atoms with Crippen molar-refractivity contribution in [2.45, 2.75) is 52.7 Å². The summed E-state index contributed by atoms with van der Waals surface area (Å²) >= 11 is 0. The molecule has 1 rings (SSSR count). The number of benzene rings is 1. The highest BCUT2D eigenvalue weighted by Gasteiger charge is 2.28. The Morgan fingerprint density at radius 1 is 0.765 bits per heavy atom. The predicted molar refractivity (Wildman–Crippen MR) is 74.9 cm³/mol. The van der Waals surface area contributed by atoms with Gasteiger partial charge in [0.25, 0.3) is 0 Å². The molecule has 0 fully saturated rings. The molecule has 0 spiro atoms. The zero-order chi connectivity index (χ0) is 13.1. The van der Waals surface area contributed by atoms with Crippen molar-refractivity contribution < 1.29 is 8.85 Å². The number of rotatable bonds is 3. The van der Waals surface area contributed by atoms with Gasteiger partial charge in [0.15, 0.2) is 0 Å². The van der Waals surface area contributed by atoms with Crippen LogP contribution in [0, 0.1) is 0 Å². The summed E-state index contributed by atoms with van der Waals surface area (Å²) in [6.07, 6.45) is 0. The van der Waals surface area contributed by atoms with Crippen LogP contribution >= 0.6 is 0 Å². The summed E-state index contributed by atoms with van der Waals surface area (Å²) in [5, 5.41) is 1.19. The summed E-state index contributed by atoms with van der Waals surface area (Å²) in [5.74, 6) is 0. The second-order valence-electron chi connectivity index (χ2n) is 6.20. The van der Waals surface area contributed by atoms with E-state index in [9.17, 15) is 0 Å². The fourth-order valence-electron chi connectivity index (χ4n) is 1.41.